The summed E-state index contributed by atoms with van der Waals surface area (Å²) in [5.41, 5.74) is 0.694. The van der Waals surface area contributed by atoms with Gasteiger partial charge in [0.2, 0.25) is 11.8 Å². The molecule has 0 saturated carbocycles. The average molecular weight is 361 g/mol. The Labute approximate surface area is 154 Å². The molecule has 1 N–H and O–H groups in total. The summed E-state index contributed by atoms with van der Waals surface area (Å²) in [6.07, 6.45) is 1.48. The Hall–Kier alpha value is -2.15. The summed E-state index contributed by atoms with van der Waals surface area (Å²) in [6.45, 7) is 9.78. The minimum absolute atomic E-state index is 0.162. The van der Waals surface area contributed by atoms with Crippen LogP contribution in [0.2, 0.25) is 0 Å². The smallest absolute Gasteiger partial charge is 0.236 e. The Morgan fingerprint density at radius 1 is 0.962 bits per heavy atom. The van der Waals surface area contributed by atoms with Gasteiger partial charge in [-0.25, -0.2) is 15.0 Å². The van der Waals surface area contributed by atoms with Crippen molar-refractivity contribution in [3.8, 4) is 5.75 Å². The van der Waals surface area contributed by atoms with Gasteiger partial charge >= 0.3 is 0 Å². The highest BCUT2D eigenvalue weighted by Crippen LogP contribution is 2.25. The molecule has 142 valence electrons. The molecule has 1 aromatic rings. The number of nitrogens with zero attached hydrogens (tertiary/aromatic N) is 3. The SMILES string of the molecule is CC1(C)COC(c2cc(OCCCCO)cc(C3=NC(C)(C)CO3)n2)=N1. The first-order chi connectivity index (χ1) is 12.3. The number of hydrogen-bond donors (Lipinski definition) is 1. The predicted octanol–water partition coefficient (Wildman–Crippen LogP) is 2.34. The average Bonchev–Trinajstić information content (AvgIpc) is 3.13. The summed E-state index contributed by atoms with van der Waals surface area (Å²) < 4.78 is 17.3. The van der Waals surface area contributed by atoms with Crippen LogP contribution in [0, 0.1) is 0 Å². The van der Waals surface area contributed by atoms with Crippen LogP contribution >= 0.6 is 0 Å². The zero-order chi connectivity index (χ0) is 18.8. The number of unbranched alkanes of at least 4 members (excludes halogenated alkanes) is 1. The fourth-order valence-corrected chi connectivity index (χ4v) is 2.64. The van der Waals surface area contributed by atoms with Crippen molar-refractivity contribution in [2.45, 2.75) is 51.6 Å². The Morgan fingerprint density at radius 3 is 1.92 bits per heavy atom. The Balaban J connectivity index is 1.90. The number of rotatable bonds is 7. The van der Waals surface area contributed by atoms with E-state index in [0.717, 1.165) is 6.42 Å². The Bertz CT molecular complexity index is 673. The predicted molar refractivity (Wildman–Crippen MR) is 99.2 cm³/mol. The van der Waals surface area contributed by atoms with Gasteiger partial charge in [-0.3, -0.25) is 0 Å². The van der Waals surface area contributed by atoms with E-state index in [1.165, 1.54) is 0 Å². The second kappa shape index (κ2) is 7.23. The summed E-state index contributed by atoms with van der Waals surface area (Å²) in [5.74, 6) is 1.68. The Kier molecular flexibility index (Phi) is 5.18. The van der Waals surface area contributed by atoms with Gasteiger partial charge in [0.15, 0.2) is 0 Å². The van der Waals surface area contributed by atoms with E-state index in [-0.39, 0.29) is 17.7 Å². The van der Waals surface area contributed by atoms with Crippen molar-refractivity contribution < 1.29 is 19.3 Å². The zero-order valence-corrected chi connectivity index (χ0v) is 15.9. The van der Waals surface area contributed by atoms with Crippen LogP contribution in [0.25, 0.3) is 0 Å². The van der Waals surface area contributed by atoms with Crippen molar-refractivity contribution in [1.29, 1.82) is 0 Å². The maximum atomic E-state index is 8.91. The van der Waals surface area contributed by atoms with E-state index < -0.39 is 0 Å². The van der Waals surface area contributed by atoms with Gasteiger partial charge in [0.05, 0.1) is 17.7 Å². The third-order valence-electron chi connectivity index (χ3n) is 3.99. The number of pyridine rings is 1. The lowest BCUT2D eigenvalue weighted by molar-refractivity contribution is 0.252. The summed E-state index contributed by atoms with van der Waals surface area (Å²) >= 11 is 0. The number of aliphatic imine (C=N–C) groups is 2. The van der Waals surface area contributed by atoms with Gasteiger partial charge < -0.3 is 19.3 Å². The topological polar surface area (TPSA) is 85.5 Å². The maximum absolute atomic E-state index is 8.91. The molecule has 0 aliphatic carbocycles. The highest BCUT2D eigenvalue weighted by atomic mass is 16.5. The van der Waals surface area contributed by atoms with E-state index in [1.807, 2.05) is 39.8 Å². The molecule has 3 heterocycles. The molecule has 2 aliphatic heterocycles. The molecule has 0 radical (unpaired) electrons. The molecule has 0 unspecified atom stereocenters. The van der Waals surface area contributed by atoms with Crippen molar-refractivity contribution in [2.24, 2.45) is 9.98 Å². The molecule has 2 aliphatic rings. The van der Waals surface area contributed by atoms with Crippen LogP contribution in [0.4, 0.5) is 0 Å². The third-order valence-corrected chi connectivity index (χ3v) is 3.99. The molecule has 0 atom stereocenters. The van der Waals surface area contributed by atoms with Crippen LogP contribution < -0.4 is 4.74 Å². The summed E-state index contributed by atoms with van der Waals surface area (Å²) in [6, 6.07) is 3.65. The van der Waals surface area contributed by atoms with Crippen LogP contribution in [-0.2, 0) is 9.47 Å². The Morgan fingerprint density at radius 2 is 1.50 bits per heavy atom. The van der Waals surface area contributed by atoms with Crippen molar-refractivity contribution >= 4 is 11.8 Å². The molecule has 0 spiro atoms. The van der Waals surface area contributed by atoms with E-state index in [2.05, 4.69) is 15.0 Å². The normalized spacial score (nSPS) is 20.2. The largest absolute Gasteiger partial charge is 0.493 e. The molecule has 3 rings (SSSR count). The monoisotopic (exact) mass is 361 g/mol. The van der Waals surface area contributed by atoms with Gasteiger partial charge in [-0.1, -0.05) is 0 Å². The van der Waals surface area contributed by atoms with E-state index in [9.17, 15) is 0 Å². The van der Waals surface area contributed by atoms with Crippen LogP contribution in [0.5, 0.6) is 5.75 Å². The van der Waals surface area contributed by atoms with Crippen molar-refractivity contribution in [1.82, 2.24) is 4.98 Å². The van der Waals surface area contributed by atoms with Gasteiger partial charge in [-0.2, -0.15) is 0 Å². The molecule has 7 nitrogen and oxygen atoms in total. The van der Waals surface area contributed by atoms with Crippen LogP contribution in [0.1, 0.15) is 51.9 Å². The first kappa shape index (κ1) is 18.6. The molecule has 7 heteroatoms. The molecule has 1 aromatic heterocycles. The van der Waals surface area contributed by atoms with E-state index in [0.29, 0.717) is 55.2 Å². The molecule has 0 fully saturated rings. The molecular formula is C19H27N3O4. The number of hydrogen-bond acceptors (Lipinski definition) is 7. The summed E-state index contributed by atoms with van der Waals surface area (Å²) in [4.78, 5) is 13.8. The zero-order valence-electron chi connectivity index (χ0n) is 15.9. The molecule has 0 amide bonds. The van der Waals surface area contributed by atoms with E-state index in [1.54, 1.807) is 0 Å². The van der Waals surface area contributed by atoms with Crippen molar-refractivity contribution in [2.75, 3.05) is 26.4 Å². The van der Waals surface area contributed by atoms with Gasteiger partial charge in [-0.05, 0) is 40.5 Å². The number of aliphatic hydroxyl groups excluding tert-OH is 1. The minimum atomic E-state index is -0.265. The van der Waals surface area contributed by atoms with Crippen LogP contribution in [0.3, 0.4) is 0 Å². The number of aliphatic hydroxyl groups is 1. The fraction of sp³-hybridized carbons (Fsp3) is 0.632. The second-order valence-corrected chi connectivity index (χ2v) is 7.89. The van der Waals surface area contributed by atoms with Crippen molar-refractivity contribution in [3.05, 3.63) is 23.5 Å². The minimum Gasteiger partial charge on any atom is -0.493 e. The maximum Gasteiger partial charge on any atom is 0.236 e. The van der Waals surface area contributed by atoms with Crippen LogP contribution in [0.15, 0.2) is 22.1 Å². The van der Waals surface area contributed by atoms with Gasteiger partial charge in [0, 0.05) is 18.7 Å². The van der Waals surface area contributed by atoms with Gasteiger partial charge in [0.25, 0.3) is 0 Å². The quantitative estimate of drug-likeness (QED) is 0.754. The lowest BCUT2D eigenvalue weighted by Gasteiger charge is -2.10. The summed E-state index contributed by atoms with van der Waals surface area (Å²) in [7, 11) is 0. The van der Waals surface area contributed by atoms with Gasteiger partial charge in [0.1, 0.15) is 30.4 Å². The molecular weight excluding hydrogens is 334 g/mol. The first-order valence-corrected chi connectivity index (χ1v) is 9.00. The second-order valence-electron chi connectivity index (χ2n) is 7.89. The lowest BCUT2D eigenvalue weighted by atomic mass is 10.1. The molecule has 0 saturated heterocycles. The van der Waals surface area contributed by atoms with Gasteiger partial charge in [-0.15, -0.1) is 0 Å². The number of aromatic nitrogens is 1. The third kappa shape index (κ3) is 4.52. The van der Waals surface area contributed by atoms with E-state index >= 15 is 0 Å². The van der Waals surface area contributed by atoms with Crippen LogP contribution in [-0.4, -0.2) is 59.4 Å². The molecule has 0 aromatic carbocycles. The van der Waals surface area contributed by atoms with E-state index in [4.69, 9.17) is 19.3 Å². The fourth-order valence-electron chi connectivity index (χ4n) is 2.64. The first-order valence-electron chi connectivity index (χ1n) is 9.00. The summed E-state index contributed by atoms with van der Waals surface area (Å²) in [5, 5.41) is 8.91. The molecule has 26 heavy (non-hydrogen) atoms. The highest BCUT2D eigenvalue weighted by Gasteiger charge is 2.31. The van der Waals surface area contributed by atoms with Crippen molar-refractivity contribution in [3.63, 3.8) is 0 Å². The highest BCUT2D eigenvalue weighted by molar-refractivity contribution is 5.98. The standard InChI is InChI=1S/C19H27N3O4/c1-18(2)11-25-16(21-18)14-9-13(24-8-6-5-7-23)10-15(20-14)17-22-19(3,4)12-26-17/h9-10,23H,5-8,11-12H2,1-4H3. The number of ether oxygens (including phenoxy) is 3. The molecule has 0 bridgehead atoms. The lowest BCUT2D eigenvalue weighted by Crippen LogP contribution is -2.17.